The van der Waals surface area contributed by atoms with Crippen molar-refractivity contribution < 1.29 is 34.2 Å². The second-order valence-corrected chi connectivity index (χ2v) is 6.33. The number of carbonyl (C=O) groups is 5. The Bertz CT molecular complexity index is 751. The second-order valence-electron chi connectivity index (χ2n) is 6.33. The molecule has 0 aromatic carbocycles. The van der Waals surface area contributed by atoms with E-state index in [1.165, 1.54) is 26.4 Å². The topological polar surface area (TPSA) is 217 Å². The van der Waals surface area contributed by atoms with Gasteiger partial charge in [0.1, 0.15) is 18.1 Å². The molecule has 160 valence electrons. The van der Waals surface area contributed by atoms with Crippen molar-refractivity contribution in [1.82, 2.24) is 25.9 Å². The molecule has 8 N–H and O–H groups in total. The number of carbonyl (C=O) groups excluding carboxylic acids is 3. The summed E-state index contributed by atoms with van der Waals surface area (Å²) in [5.41, 5.74) is 5.93. The van der Waals surface area contributed by atoms with Gasteiger partial charge in [-0.2, -0.15) is 0 Å². The summed E-state index contributed by atoms with van der Waals surface area (Å²) >= 11 is 0. The third kappa shape index (κ3) is 7.96. The minimum Gasteiger partial charge on any atom is -0.481 e. The van der Waals surface area contributed by atoms with Gasteiger partial charge in [-0.15, -0.1) is 0 Å². The number of imidazole rings is 1. The molecule has 0 bridgehead atoms. The van der Waals surface area contributed by atoms with Crippen LogP contribution in [0.3, 0.4) is 0 Å². The van der Waals surface area contributed by atoms with E-state index in [2.05, 4.69) is 25.9 Å². The highest BCUT2D eigenvalue weighted by atomic mass is 16.4. The Labute approximate surface area is 165 Å². The highest BCUT2D eigenvalue weighted by molar-refractivity contribution is 5.94. The van der Waals surface area contributed by atoms with E-state index in [0.717, 1.165) is 0 Å². The molecule has 1 aromatic rings. The predicted molar refractivity (Wildman–Crippen MR) is 97.3 cm³/mol. The third-order valence-corrected chi connectivity index (χ3v) is 3.81. The van der Waals surface area contributed by atoms with Crippen LogP contribution < -0.4 is 21.7 Å². The van der Waals surface area contributed by atoms with Gasteiger partial charge in [0.2, 0.25) is 17.7 Å². The number of nitrogens with one attached hydrogen (secondary N) is 4. The molecule has 0 spiro atoms. The third-order valence-electron chi connectivity index (χ3n) is 3.81. The van der Waals surface area contributed by atoms with E-state index in [0.29, 0.717) is 5.69 Å². The highest BCUT2D eigenvalue weighted by Crippen LogP contribution is 2.01. The SMILES string of the molecule is C[C@H](NC(=O)[C@H](C)NC(=O)[C@H](Cc1c[nH]cn1)NC(=O)[C@@H](N)CC(=O)O)C(=O)O. The summed E-state index contributed by atoms with van der Waals surface area (Å²) in [6.45, 7) is 2.60. The van der Waals surface area contributed by atoms with Crippen molar-refractivity contribution in [3.05, 3.63) is 18.2 Å². The zero-order valence-electron chi connectivity index (χ0n) is 15.8. The first-order valence-electron chi connectivity index (χ1n) is 8.60. The van der Waals surface area contributed by atoms with E-state index in [1.807, 2.05) is 0 Å². The standard InChI is InChI=1S/C16H24N6O7/c1-7(13(25)21-8(2)16(28)29)20-15(27)11(3-9-5-18-6-19-9)22-14(26)10(17)4-12(23)24/h5-8,10-11H,3-4,17H2,1-2H3,(H,18,19)(H,20,27)(H,21,25)(H,22,26)(H,23,24)(H,28,29)/t7-,8-,10-,11-/m0/s1. The average molecular weight is 412 g/mol. The van der Waals surface area contributed by atoms with E-state index in [9.17, 15) is 24.0 Å². The Morgan fingerprint density at radius 2 is 1.66 bits per heavy atom. The minimum absolute atomic E-state index is 0.0548. The molecular weight excluding hydrogens is 388 g/mol. The van der Waals surface area contributed by atoms with Gasteiger partial charge in [-0.05, 0) is 13.8 Å². The molecular formula is C16H24N6O7. The molecule has 0 aliphatic heterocycles. The van der Waals surface area contributed by atoms with Crippen molar-refractivity contribution in [2.75, 3.05) is 0 Å². The number of rotatable bonds is 11. The molecule has 0 radical (unpaired) electrons. The number of amides is 3. The van der Waals surface area contributed by atoms with Crippen LogP contribution in [0.1, 0.15) is 26.0 Å². The molecule has 29 heavy (non-hydrogen) atoms. The number of nitrogens with zero attached hydrogens (tertiary/aromatic N) is 1. The molecule has 0 aliphatic rings. The predicted octanol–water partition coefficient (Wildman–Crippen LogP) is -2.67. The fourth-order valence-electron chi connectivity index (χ4n) is 2.16. The fourth-order valence-corrected chi connectivity index (χ4v) is 2.16. The summed E-state index contributed by atoms with van der Waals surface area (Å²) in [5, 5.41) is 24.5. The maximum Gasteiger partial charge on any atom is 0.325 e. The number of hydrogen-bond donors (Lipinski definition) is 7. The van der Waals surface area contributed by atoms with Gasteiger partial charge in [0.15, 0.2) is 0 Å². The normalized spacial score (nSPS) is 14.7. The number of aromatic nitrogens is 2. The Hall–Kier alpha value is -3.48. The van der Waals surface area contributed by atoms with Crippen LogP contribution in [-0.4, -0.2) is 74.0 Å². The largest absolute Gasteiger partial charge is 0.481 e. The summed E-state index contributed by atoms with van der Waals surface area (Å²) in [6.07, 6.45) is 2.18. The number of nitrogens with two attached hydrogens (primary N) is 1. The first kappa shape index (κ1) is 23.6. The summed E-state index contributed by atoms with van der Waals surface area (Å²) < 4.78 is 0. The van der Waals surface area contributed by atoms with Crippen molar-refractivity contribution in [3.8, 4) is 0 Å². The summed E-state index contributed by atoms with van der Waals surface area (Å²) in [4.78, 5) is 64.8. The monoisotopic (exact) mass is 412 g/mol. The van der Waals surface area contributed by atoms with Crippen LogP contribution in [0, 0.1) is 0 Å². The average Bonchev–Trinajstić information content (AvgIpc) is 3.13. The fraction of sp³-hybridized carbons (Fsp3) is 0.500. The number of H-pyrrole nitrogens is 1. The Kier molecular flexibility index (Phi) is 8.73. The molecule has 1 heterocycles. The van der Waals surface area contributed by atoms with Gasteiger partial charge in [0.05, 0.1) is 24.5 Å². The molecule has 0 aliphatic carbocycles. The van der Waals surface area contributed by atoms with Gasteiger partial charge in [-0.1, -0.05) is 0 Å². The first-order chi connectivity index (χ1) is 13.5. The van der Waals surface area contributed by atoms with Crippen molar-refractivity contribution in [1.29, 1.82) is 0 Å². The van der Waals surface area contributed by atoms with Crippen LogP contribution in [0.25, 0.3) is 0 Å². The molecule has 13 nitrogen and oxygen atoms in total. The van der Waals surface area contributed by atoms with Crippen LogP contribution >= 0.6 is 0 Å². The maximum absolute atomic E-state index is 12.6. The van der Waals surface area contributed by atoms with Crippen molar-refractivity contribution in [2.24, 2.45) is 5.73 Å². The van der Waals surface area contributed by atoms with E-state index in [1.54, 1.807) is 0 Å². The number of carboxylic acid groups (broad SMARTS) is 2. The van der Waals surface area contributed by atoms with Gasteiger partial charge in [-0.25, -0.2) is 4.98 Å². The van der Waals surface area contributed by atoms with Gasteiger partial charge >= 0.3 is 11.9 Å². The smallest absolute Gasteiger partial charge is 0.325 e. The van der Waals surface area contributed by atoms with Crippen LogP contribution in [0.2, 0.25) is 0 Å². The zero-order valence-corrected chi connectivity index (χ0v) is 15.8. The molecule has 3 amide bonds. The number of carboxylic acids is 2. The van der Waals surface area contributed by atoms with Crippen molar-refractivity contribution in [2.45, 2.75) is 50.9 Å². The lowest BCUT2D eigenvalue weighted by molar-refractivity contribution is -0.141. The van der Waals surface area contributed by atoms with Gasteiger partial charge in [0.25, 0.3) is 0 Å². The molecule has 0 saturated carbocycles. The summed E-state index contributed by atoms with van der Waals surface area (Å²) in [5.74, 6) is -4.87. The lowest BCUT2D eigenvalue weighted by atomic mass is 10.1. The molecule has 1 rings (SSSR count). The zero-order chi connectivity index (χ0) is 22.1. The van der Waals surface area contributed by atoms with Gasteiger partial charge in [-0.3, -0.25) is 24.0 Å². The van der Waals surface area contributed by atoms with Crippen LogP contribution in [-0.2, 0) is 30.4 Å². The highest BCUT2D eigenvalue weighted by Gasteiger charge is 2.28. The lowest BCUT2D eigenvalue weighted by Gasteiger charge is -2.22. The van der Waals surface area contributed by atoms with Gasteiger partial charge < -0.3 is 36.9 Å². The first-order valence-corrected chi connectivity index (χ1v) is 8.60. The molecule has 0 saturated heterocycles. The van der Waals surface area contributed by atoms with E-state index >= 15 is 0 Å². The summed E-state index contributed by atoms with van der Waals surface area (Å²) in [7, 11) is 0. The Morgan fingerprint density at radius 1 is 1.03 bits per heavy atom. The van der Waals surface area contributed by atoms with E-state index in [-0.39, 0.29) is 6.42 Å². The van der Waals surface area contributed by atoms with Crippen molar-refractivity contribution >= 4 is 29.7 Å². The quantitative estimate of drug-likeness (QED) is 0.201. The van der Waals surface area contributed by atoms with Crippen molar-refractivity contribution in [3.63, 3.8) is 0 Å². The molecule has 0 fully saturated rings. The molecule has 1 aromatic heterocycles. The Morgan fingerprint density at radius 3 is 2.17 bits per heavy atom. The molecule has 13 heteroatoms. The molecule has 0 unspecified atom stereocenters. The number of aromatic amines is 1. The van der Waals surface area contributed by atoms with Crippen LogP contribution in [0.4, 0.5) is 0 Å². The summed E-state index contributed by atoms with van der Waals surface area (Å²) in [6, 6.07) is -4.83. The Balaban J connectivity index is 2.81. The van der Waals surface area contributed by atoms with Crippen LogP contribution in [0.15, 0.2) is 12.5 Å². The minimum atomic E-state index is -1.38. The second kappa shape index (κ2) is 10.8. The number of hydrogen-bond acceptors (Lipinski definition) is 7. The molecule has 4 atom stereocenters. The maximum atomic E-state index is 12.6. The van der Waals surface area contributed by atoms with Crippen LogP contribution in [0.5, 0.6) is 0 Å². The lowest BCUT2D eigenvalue weighted by Crippen LogP contribution is -2.56. The van der Waals surface area contributed by atoms with E-state index < -0.39 is 60.2 Å². The van der Waals surface area contributed by atoms with E-state index in [4.69, 9.17) is 15.9 Å². The van der Waals surface area contributed by atoms with Gasteiger partial charge in [0, 0.05) is 12.6 Å². The number of aliphatic carboxylic acids is 2.